The van der Waals surface area contributed by atoms with Gasteiger partial charge in [-0.05, 0) is 55.5 Å². The van der Waals surface area contributed by atoms with Crippen LogP contribution in [0.15, 0.2) is 66.9 Å². The van der Waals surface area contributed by atoms with E-state index in [9.17, 15) is 0 Å². The van der Waals surface area contributed by atoms with Gasteiger partial charge in [-0.2, -0.15) is 0 Å². The zero-order valence-electron chi connectivity index (χ0n) is 14.3. The summed E-state index contributed by atoms with van der Waals surface area (Å²) in [5.74, 6) is 0. The molecule has 1 aromatic carbocycles. The Labute approximate surface area is 153 Å². The highest BCUT2D eigenvalue weighted by Crippen LogP contribution is 2.41. The van der Waals surface area contributed by atoms with Crippen molar-refractivity contribution in [2.45, 2.75) is 19.0 Å². The molecule has 1 aliphatic heterocycles. The van der Waals surface area contributed by atoms with Crippen molar-refractivity contribution >= 4 is 23.0 Å². The Kier molecular flexibility index (Phi) is 4.01. The average Bonchev–Trinajstić information content (AvgIpc) is 3.16. The van der Waals surface area contributed by atoms with Gasteiger partial charge in [0.2, 0.25) is 0 Å². The molecule has 2 aromatic heterocycles. The van der Waals surface area contributed by atoms with Crippen LogP contribution in [0.4, 0.5) is 5.69 Å². The third kappa shape index (κ3) is 2.70. The zero-order chi connectivity index (χ0) is 17.4. The lowest BCUT2D eigenvalue weighted by molar-refractivity contribution is 0.539. The van der Waals surface area contributed by atoms with Gasteiger partial charge < -0.3 is 14.8 Å². The summed E-state index contributed by atoms with van der Waals surface area (Å²) in [6.07, 6.45) is 1.83. The van der Waals surface area contributed by atoms with Crippen molar-refractivity contribution in [1.29, 1.82) is 0 Å². The van der Waals surface area contributed by atoms with Gasteiger partial charge in [-0.25, -0.2) is 0 Å². The van der Waals surface area contributed by atoms with Crippen LogP contribution in [0.25, 0.3) is 0 Å². The third-order valence-electron chi connectivity index (χ3n) is 4.85. The van der Waals surface area contributed by atoms with Gasteiger partial charge >= 0.3 is 0 Å². The highest BCUT2D eigenvalue weighted by Gasteiger charge is 2.41. The summed E-state index contributed by atoms with van der Waals surface area (Å²) in [5.41, 5.74) is 4.51. The second kappa shape index (κ2) is 6.33. The third-order valence-corrected chi connectivity index (χ3v) is 5.16. The van der Waals surface area contributed by atoms with Crippen LogP contribution in [0.5, 0.6) is 0 Å². The molecular formula is C20H20N4S. The molecule has 3 heterocycles. The van der Waals surface area contributed by atoms with Crippen molar-refractivity contribution in [3.05, 3.63) is 83.9 Å². The SMILES string of the molecule is Cc1ccc(C2C(c3ccccn3)NC(=S)N2c2ccccc2)n1C. The van der Waals surface area contributed by atoms with E-state index in [0.29, 0.717) is 0 Å². The molecule has 1 aliphatic rings. The van der Waals surface area contributed by atoms with Crippen LogP contribution in [-0.2, 0) is 7.05 Å². The molecule has 126 valence electrons. The molecule has 0 bridgehead atoms. The molecule has 0 spiro atoms. The number of nitrogens with zero attached hydrogens (tertiary/aromatic N) is 3. The van der Waals surface area contributed by atoms with Crippen LogP contribution in [0, 0.1) is 6.92 Å². The maximum absolute atomic E-state index is 5.70. The first-order valence-electron chi connectivity index (χ1n) is 8.35. The van der Waals surface area contributed by atoms with E-state index in [1.807, 2.05) is 36.5 Å². The van der Waals surface area contributed by atoms with Crippen LogP contribution in [0.3, 0.4) is 0 Å². The molecule has 1 saturated heterocycles. The molecule has 25 heavy (non-hydrogen) atoms. The number of thiocarbonyl (C=S) groups is 1. The molecule has 0 radical (unpaired) electrons. The molecular weight excluding hydrogens is 328 g/mol. The van der Waals surface area contributed by atoms with E-state index in [1.54, 1.807) is 0 Å². The number of pyridine rings is 1. The Balaban J connectivity index is 1.86. The largest absolute Gasteiger partial charge is 0.351 e. The van der Waals surface area contributed by atoms with E-state index in [1.165, 1.54) is 11.4 Å². The predicted octanol–water partition coefficient (Wildman–Crippen LogP) is 3.91. The highest BCUT2D eigenvalue weighted by atomic mass is 32.1. The number of hydrogen-bond acceptors (Lipinski definition) is 2. The smallest absolute Gasteiger partial charge is 0.174 e. The fourth-order valence-electron chi connectivity index (χ4n) is 3.45. The number of hydrogen-bond donors (Lipinski definition) is 1. The minimum absolute atomic E-state index is 0.00176. The van der Waals surface area contributed by atoms with Gasteiger partial charge in [-0.3, -0.25) is 4.98 Å². The van der Waals surface area contributed by atoms with E-state index >= 15 is 0 Å². The fourth-order valence-corrected chi connectivity index (χ4v) is 3.80. The summed E-state index contributed by atoms with van der Waals surface area (Å²) in [6.45, 7) is 2.12. The maximum atomic E-state index is 5.70. The van der Waals surface area contributed by atoms with Crippen molar-refractivity contribution in [1.82, 2.24) is 14.9 Å². The molecule has 2 unspecified atom stereocenters. The van der Waals surface area contributed by atoms with Crippen LogP contribution >= 0.6 is 12.2 Å². The van der Waals surface area contributed by atoms with E-state index < -0.39 is 0 Å². The molecule has 0 aliphatic carbocycles. The Morgan fingerprint density at radius 3 is 2.40 bits per heavy atom. The normalized spacial score (nSPS) is 19.9. The first kappa shape index (κ1) is 15.8. The first-order valence-corrected chi connectivity index (χ1v) is 8.75. The summed E-state index contributed by atoms with van der Waals surface area (Å²) in [7, 11) is 2.10. The Morgan fingerprint density at radius 2 is 1.76 bits per heavy atom. The number of aromatic nitrogens is 2. The standard InChI is InChI=1S/C20H20N4S/c1-14-11-12-17(23(14)2)19-18(16-10-6-7-13-21-16)22-20(25)24(19)15-8-4-3-5-9-15/h3-13,18-19H,1-2H3,(H,22,25). The quantitative estimate of drug-likeness (QED) is 0.728. The maximum Gasteiger partial charge on any atom is 0.174 e. The van der Waals surface area contributed by atoms with Gasteiger partial charge in [0.15, 0.2) is 5.11 Å². The second-order valence-electron chi connectivity index (χ2n) is 6.29. The van der Waals surface area contributed by atoms with E-state index in [2.05, 4.69) is 64.1 Å². The number of aryl methyl sites for hydroxylation is 1. The number of anilines is 1. The Morgan fingerprint density at radius 1 is 1.00 bits per heavy atom. The molecule has 4 rings (SSSR count). The molecule has 2 atom stereocenters. The molecule has 1 N–H and O–H groups in total. The minimum Gasteiger partial charge on any atom is -0.351 e. The minimum atomic E-state index is 0.00176. The van der Waals surface area contributed by atoms with E-state index in [0.717, 1.165) is 16.5 Å². The van der Waals surface area contributed by atoms with Crippen LogP contribution in [0.2, 0.25) is 0 Å². The van der Waals surface area contributed by atoms with Crippen molar-refractivity contribution in [2.75, 3.05) is 4.90 Å². The van der Waals surface area contributed by atoms with Crippen molar-refractivity contribution in [3.8, 4) is 0 Å². The van der Waals surface area contributed by atoms with Gasteiger partial charge in [-0.15, -0.1) is 0 Å². The summed E-state index contributed by atoms with van der Waals surface area (Å²) in [5, 5.41) is 4.21. The van der Waals surface area contributed by atoms with Gasteiger partial charge in [0.1, 0.15) is 6.04 Å². The number of nitrogens with one attached hydrogen (secondary N) is 1. The summed E-state index contributed by atoms with van der Waals surface area (Å²) >= 11 is 5.70. The zero-order valence-corrected chi connectivity index (χ0v) is 15.1. The van der Waals surface area contributed by atoms with Crippen molar-refractivity contribution in [3.63, 3.8) is 0 Å². The highest BCUT2D eigenvalue weighted by molar-refractivity contribution is 7.80. The lowest BCUT2D eigenvalue weighted by atomic mass is 10.0. The molecule has 1 fully saturated rings. The van der Waals surface area contributed by atoms with Gasteiger partial charge in [0.25, 0.3) is 0 Å². The molecule has 4 nitrogen and oxygen atoms in total. The van der Waals surface area contributed by atoms with Crippen LogP contribution in [-0.4, -0.2) is 14.7 Å². The fraction of sp³-hybridized carbons (Fsp3) is 0.200. The monoisotopic (exact) mass is 348 g/mol. The lowest BCUT2D eigenvalue weighted by Gasteiger charge is -2.28. The number of benzene rings is 1. The van der Waals surface area contributed by atoms with Crippen molar-refractivity contribution in [2.24, 2.45) is 7.05 Å². The average molecular weight is 348 g/mol. The first-order chi connectivity index (χ1) is 12.2. The van der Waals surface area contributed by atoms with Crippen molar-refractivity contribution < 1.29 is 0 Å². The lowest BCUT2D eigenvalue weighted by Crippen LogP contribution is -2.30. The van der Waals surface area contributed by atoms with E-state index in [4.69, 9.17) is 12.2 Å². The van der Waals surface area contributed by atoms with E-state index in [-0.39, 0.29) is 12.1 Å². The second-order valence-corrected chi connectivity index (χ2v) is 6.68. The number of para-hydroxylation sites is 1. The Bertz CT molecular complexity index is 889. The number of rotatable bonds is 3. The summed E-state index contributed by atoms with van der Waals surface area (Å²) < 4.78 is 2.23. The topological polar surface area (TPSA) is 33.1 Å². The summed E-state index contributed by atoms with van der Waals surface area (Å²) in [4.78, 5) is 6.78. The van der Waals surface area contributed by atoms with Crippen LogP contribution in [0.1, 0.15) is 29.2 Å². The van der Waals surface area contributed by atoms with Crippen LogP contribution < -0.4 is 10.2 Å². The van der Waals surface area contributed by atoms with Gasteiger partial charge in [0, 0.05) is 30.3 Å². The van der Waals surface area contributed by atoms with Gasteiger partial charge in [-0.1, -0.05) is 24.3 Å². The molecule has 0 amide bonds. The Hall–Kier alpha value is -2.66. The molecule has 3 aromatic rings. The summed E-state index contributed by atoms with van der Waals surface area (Å²) in [6, 6.07) is 20.7. The van der Waals surface area contributed by atoms with Gasteiger partial charge in [0.05, 0.1) is 11.7 Å². The predicted molar refractivity (Wildman–Crippen MR) is 105 cm³/mol. The molecule has 5 heteroatoms. The molecule has 0 saturated carbocycles.